The fourth-order valence-electron chi connectivity index (χ4n) is 2.57. The highest BCUT2D eigenvalue weighted by Gasteiger charge is 2.21. The lowest BCUT2D eigenvalue weighted by molar-refractivity contribution is -0.142. The van der Waals surface area contributed by atoms with Crippen LogP contribution in [0.15, 0.2) is 29.2 Å². The first kappa shape index (κ1) is 22.1. The molecule has 0 aliphatic rings. The standard InChI is InChI=1S/C18H28N2O5S/c1-5-20(6-2)26(24,25)16-10-7-15(8-11-16)9-12-17(21)19(4)13-14(3)18(22)23/h7-8,10-11,14H,5-6,9,12-13H2,1-4H3,(H,22,23). The second kappa shape index (κ2) is 9.68. The average Bonchev–Trinajstić information content (AvgIpc) is 2.60. The van der Waals surface area contributed by atoms with Crippen molar-refractivity contribution < 1.29 is 23.1 Å². The Labute approximate surface area is 155 Å². The number of sulfonamides is 1. The molecule has 0 fully saturated rings. The van der Waals surface area contributed by atoms with Crippen molar-refractivity contribution in [2.75, 3.05) is 26.7 Å². The van der Waals surface area contributed by atoms with Crippen LogP contribution in [-0.2, 0) is 26.0 Å². The maximum atomic E-state index is 12.4. The second-order valence-electron chi connectivity index (χ2n) is 6.25. The van der Waals surface area contributed by atoms with Crippen LogP contribution >= 0.6 is 0 Å². The molecule has 0 bridgehead atoms. The van der Waals surface area contributed by atoms with Gasteiger partial charge in [0.2, 0.25) is 15.9 Å². The molecule has 8 heteroatoms. The molecule has 0 saturated heterocycles. The van der Waals surface area contributed by atoms with Crippen LogP contribution in [-0.4, -0.2) is 61.3 Å². The van der Waals surface area contributed by atoms with Crippen molar-refractivity contribution in [3.05, 3.63) is 29.8 Å². The maximum Gasteiger partial charge on any atom is 0.308 e. The second-order valence-corrected chi connectivity index (χ2v) is 8.18. The summed E-state index contributed by atoms with van der Waals surface area (Å²) < 4.78 is 26.3. The minimum Gasteiger partial charge on any atom is -0.481 e. The smallest absolute Gasteiger partial charge is 0.308 e. The summed E-state index contributed by atoms with van der Waals surface area (Å²) in [5, 5.41) is 8.90. The van der Waals surface area contributed by atoms with Gasteiger partial charge in [-0.25, -0.2) is 8.42 Å². The molecule has 0 heterocycles. The third-order valence-corrected chi connectivity index (χ3v) is 6.35. The Hall–Kier alpha value is -1.93. The Morgan fingerprint density at radius 1 is 1.12 bits per heavy atom. The highest BCUT2D eigenvalue weighted by Crippen LogP contribution is 2.17. The minimum absolute atomic E-state index is 0.141. The number of carbonyl (C=O) groups excluding carboxylic acids is 1. The molecular formula is C18H28N2O5S. The van der Waals surface area contributed by atoms with E-state index in [4.69, 9.17) is 5.11 Å². The minimum atomic E-state index is -3.48. The van der Waals surface area contributed by atoms with E-state index in [9.17, 15) is 18.0 Å². The third-order valence-electron chi connectivity index (χ3n) is 4.29. The Bertz CT molecular complexity index is 712. The van der Waals surface area contributed by atoms with Gasteiger partial charge in [0.25, 0.3) is 0 Å². The first-order valence-corrected chi connectivity index (χ1v) is 10.1. The van der Waals surface area contributed by atoms with Crippen LogP contribution in [0.3, 0.4) is 0 Å². The van der Waals surface area contributed by atoms with Gasteiger partial charge in [-0.15, -0.1) is 0 Å². The molecule has 1 unspecified atom stereocenters. The summed E-state index contributed by atoms with van der Waals surface area (Å²) in [7, 11) is -1.90. The highest BCUT2D eigenvalue weighted by atomic mass is 32.2. The molecule has 0 spiro atoms. The molecule has 146 valence electrons. The molecule has 1 N–H and O–H groups in total. The van der Waals surface area contributed by atoms with Crippen LogP contribution < -0.4 is 0 Å². The van der Waals surface area contributed by atoms with E-state index in [2.05, 4.69) is 0 Å². The van der Waals surface area contributed by atoms with Crippen LogP contribution in [0.25, 0.3) is 0 Å². The van der Waals surface area contributed by atoms with Crippen LogP contribution in [0.5, 0.6) is 0 Å². The van der Waals surface area contributed by atoms with Gasteiger partial charge in [-0.05, 0) is 24.1 Å². The lowest BCUT2D eigenvalue weighted by Crippen LogP contribution is -2.33. The number of hydrogen-bond donors (Lipinski definition) is 1. The van der Waals surface area contributed by atoms with E-state index < -0.39 is 21.9 Å². The molecule has 26 heavy (non-hydrogen) atoms. The molecule has 0 saturated carbocycles. The zero-order valence-electron chi connectivity index (χ0n) is 15.8. The average molecular weight is 384 g/mol. The number of hydrogen-bond acceptors (Lipinski definition) is 4. The van der Waals surface area contributed by atoms with Crippen molar-refractivity contribution in [2.24, 2.45) is 5.92 Å². The van der Waals surface area contributed by atoms with E-state index in [1.165, 1.54) is 9.21 Å². The molecule has 0 aliphatic carbocycles. The van der Waals surface area contributed by atoms with Crippen LogP contribution in [0, 0.1) is 5.92 Å². The number of rotatable bonds is 10. The van der Waals surface area contributed by atoms with E-state index in [0.717, 1.165) is 5.56 Å². The van der Waals surface area contributed by atoms with Crippen molar-refractivity contribution in [1.82, 2.24) is 9.21 Å². The molecular weight excluding hydrogens is 356 g/mol. The topological polar surface area (TPSA) is 95.0 Å². The van der Waals surface area contributed by atoms with Crippen LogP contribution in [0.4, 0.5) is 0 Å². The zero-order chi connectivity index (χ0) is 19.9. The lowest BCUT2D eigenvalue weighted by atomic mass is 10.1. The first-order valence-electron chi connectivity index (χ1n) is 8.69. The number of carbonyl (C=O) groups is 2. The lowest BCUT2D eigenvalue weighted by Gasteiger charge is -2.20. The molecule has 1 rings (SSSR count). The zero-order valence-corrected chi connectivity index (χ0v) is 16.6. The van der Waals surface area contributed by atoms with Gasteiger partial charge in [-0.3, -0.25) is 9.59 Å². The van der Waals surface area contributed by atoms with E-state index >= 15 is 0 Å². The van der Waals surface area contributed by atoms with Crippen LogP contribution in [0.2, 0.25) is 0 Å². The number of nitrogens with zero attached hydrogens (tertiary/aromatic N) is 2. The number of benzene rings is 1. The van der Waals surface area contributed by atoms with Gasteiger partial charge < -0.3 is 10.0 Å². The van der Waals surface area contributed by atoms with Crippen molar-refractivity contribution in [3.8, 4) is 0 Å². The molecule has 1 aromatic rings. The van der Waals surface area contributed by atoms with E-state index in [1.807, 2.05) is 0 Å². The predicted octanol–water partition coefficient (Wildman–Crippen LogP) is 1.83. The van der Waals surface area contributed by atoms with Gasteiger partial charge in [0.05, 0.1) is 10.8 Å². The summed E-state index contributed by atoms with van der Waals surface area (Å²) in [4.78, 5) is 24.6. The predicted molar refractivity (Wildman–Crippen MR) is 99.3 cm³/mol. The number of aryl methyl sites for hydroxylation is 1. The largest absolute Gasteiger partial charge is 0.481 e. The summed E-state index contributed by atoms with van der Waals surface area (Å²) in [6, 6.07) is 6.54. The van der Waals surface area contributed by atoms with Crippen molar-refractivity contribution >= 4 is 21.9 Å². The van der Waals surface area contributed by atoms with Gasteiger partial charge in [-0.1, -0.05) is 32.9 Å². The van der Waals surface area contributed by atoms with E-state index in [-0.39, 0.29) is 23.8 Å². The maximum absolute atomic E-state index is 12.4. The Morgan fingerprint density at radius 2 is 1.65 bits per heavy atom. The van der Waals surface area contributed by atoms with Crippen molar-refractivity contribution in [1.29, 1.82) is 0 Å². The van der Waals surface area contributed by atoms with Crippen LogP contribution in [0.1, 0.15) is 32.8 Å². The monoisotopic (exact) mass is 384 g/mol. The third kappa shape index (κ3) is 5.81. The molecule has 0 aliphatic heterocycles. The van der Waals surface area contributed by atoms with E-state index in [1.54, 1.807) is 52.1 Å². The van der Waals surface area contributed by atoms with Gasteiger partial charge in [-0.2, -0.15) is 4.31 Å². The number of carboxylic acid groups (broad SMARTS) is 1. The fourth-order valence-corrected chi connectivity index (χ4v) is 4.03. The number of amides is 1. The van der Waals surface area contributed by atoms with Gasteiger partial charge in [0, 0.05) is 33.1 Å². The summed E-state index contributed by atoms with van der Waals surface area (Å²) in [6.07, 6.45) is 0.710. The van der Waals surface area contributed by atoms with E-state index in [0.29, 0.717) is 19.5 Å². The summed E-state index contributed by atoms with van der Waals surface area (Å²) in [5.74, 6) is -1.69. The van der Waals surface area contributed by atoms with Gasteiger partial charge >= 0.3 is 5.97 Å². The number of carboxylic acids is 1. The quantitative estimate of drug-likeness (QED) is 0.664. The Morgan fingerprint density at radius 3 is 2.12 bits per heavy atom. The van der Waals surface area contributed by atoms with Crippen molar-refractivity contribution in [2.45, 2.75) is 38.5 Å². The molecule has 1 aromatic carbocycles. The Kier molecular flexibility index (Phi) is 8.23. The van der Waals surface area contributed by atoms with Gasteiger partial charge in [0.1, 0.15) is 0 Å². The SMILES string of the molecule is CCN(CC)S(=O)(=O)c1ccc(CCC(=O)N(C)CC(C)C(=O)O)cc1. The molecule has 0 aromatic heterocycles. The first-order chi connectivity index (χ1) is 12.1. The summed E-state index contributed by atoms with van der Waals surface area (Å²) in [5.41, 5.74) is 0.858. The molecule has 1 atom stereocenters. The normalized spacial score (nSPS) is 12.8. The summed E-state index contributed by atoms with van der Waals surface area (Å²) in [6.45, 7) is 6.13. The molecule has 7 nitrogen and oxygen atoms in total. The Balaban J connectivity index is 2.68. The highest BCUT2D eigenvalue weighted by molar-refractivity contribution is 7.89. The van der Waals surface area contributed by atoms with Crippen molar-refractivity contribution in [3.63, 3.8) is 0 Å². The number of aliphatic carboxylic acids is 1. The molecule has 0 radical (unpaired) electrons. The summed E-state index contributed by atoms with van der Waals surface area (Å²) >= 11 is 0. The molecule has 1 amide bonds. The fraction of sp³-hybridized carbons (Fsp3) is 0.556. The van der Waals surface area contributed by atoms with Gasteiger partial charge in [0.15, 0.2) is 0 Å².